The van der Waals surface area contributed by atoms with Gasteiger partial charge in [0.1, 0.15) is 11.4 Å². The number of nitrogen functional groups attached to an aromatic ring is 1. The lowest BCUT2D eigenvalue weighted by atomic mass is 10.2. The Hall–Kier alpha value is -2.06. The highest BCUT2D eigenvalue weighted by Gasteiger charge is 2.08. The minimum Gasteiger partial charge on any atom is -0.478 e. The average molecular weight is 206 g/mol. The molecule has 0 aliphatic carbocycles. The Morgan fingerprint density at radius 1 is 1.60 bits per heavy atom. The molecule has 0 fully saturated rings. The summed E-state index contributed by atoms with van der Waals surface area (Å²) in [4.78, 5) is 14.4. The number of carbonyl (C=O) groups is 1. The monoisotopic (exact) mass is 206 g/mol. The minimum atomic E-state index is -1.13. The number of aromatic nitrogens is 1. The largest absolute Gasteiger partial charge is 0.478 e. The average Bonchev–Trinajstić information content (AvgIpc) is 2.20. The molecule has 5 nitrogen and oxygen atoms in total. The topological polar surface area (TPSA) is 96.4 Å². The number of aliphatic hydroxyl groups is 1. The molecule has 0 saturated carbocycles. The van der Waals surface area contributed by atoms with Crippen molar-refractivity contribution in [1.29, 1.82) is 0 Å². The molecule has 1 aromatic heterocycles. The first-order chi connectivity index (χ1) is 7.15. The normalized spacial score (nSPS) is 9.13. The SMILES string of the molecule is Nc1ncc(C#CCCO)cc1C(=O)O. The summed E-state index contributed by atoms with van der Waals surface area (Å²) in [6.07, 6.45) is 1.74. The maximum atomic E-state index is 10.7. The Kier molecular flexibility index (Phi) is 3.66. The maximum Gasteiger partial charge on any atom is 0.339 e. The van der Waals surface area contributed by atoms with Gasteiger partial charge in [0.25, 0.3) is 0 Å². The van der Waals surface area contributed by atoms with Gasteiger partial charge in [-0.05, 0) is 6.07 Å². The molecule has 5 heteroatoms. The minimum absolute atomic E-state index is 0.0266. The Bertz CT molecular complexity index is 432. The molecule has 1 aromatic rings. The van der Waals surface area contributed by atoms with Crippen molar-refractivity contribution in [2.75, 3.05) is 12.3 Å². The van der Waals surface area contributed by atoms with E-state index in [0.717, 1.165) is 0 Å². The zero-order valence-corrected chi connectivity index (χ0v) is 7.90. The van der Waals surface area contributed by atoms with Crippen molar-refractivity contribution >= 4 is 11.8 Å². The molecule has 4 N–H and O–H groups in total. The van der Waals surface area contributed by atoms with Crippen molar-refractivity contribution in [3.63, 3.8) is 0 Å². The molecule has 0 aliphatic heterocycles. The number of anilines is 1. The molecular formula is C10H10N2O3. The van der Waals surface area contributed by atoms with Gasteiger partial charge >= 0.3 is 5.97 Å². The Morgan fingerprint density at radius 2 is 2.33 bits per heavy atom. The second-order valence-corrected chi connectivity index (χ2v) is 2.74. The summed E-state index contributed by atoms with van der Waals surface area (Å²) in [7, 11) is 0. The van der Waals surface area contributed by atoms with Gasteiger partial charge in [-0.2, -0.15) is 0 Å². The highest BCUT2D eigenvalue weighted by molar-refractivity contribution is 5.92. The number of carboxylic acids is 1. The molecule has 0 radical (unpaired) electrons. The number of nitrogens with two attached hydrogens (primary N) is 1. The van der Waals surface area contributed by atoms with Crippen LogP contribution in [0, 0.1) is 11.8 Å². The summed E-state index contributed by atoms with van der Waals surface area (Å²) in [5.41, 5.74) is 5.77. The standard InChI is InChI=1S/C10H10N2O3/c11-9-8(10(14)15)5-7(6-12-9)3-1-2-4-13/h5-6,13H,2,4H2,(H2,11,12)(H,14,15). The fraction of sp³-hybridized carbons (Fsp3) is 0.200. The van der Waals surface area contributed by atoms with Crippen LogP contribution < -0.4 is 5.73 Å². The van der Waals surface area contributed by atoms with Gasteiger partial charge in [-0.15, -0.1) is 0 Å². The van der Waals surface area contributed by atoms with E-state index in [1.165, 1.54) is 12.3 Å². The lowest BCUT2D eigenvalue weighted by Gasteiger charge is -1.99. The molecule has 1 heterocycles. The van der Waals surface area contributed by atoms with E-state index in [1.54, 1.807) is 0 Å². The van der Waals surface area contributed by atoms with Crippen molar-refractivity contribution in [2.45, 2.75) is 6.42 Å². The van der Waals surface area contributed by atoms with Gasteiger partial charge in [0.2, 0.25) is 0 Å². The highest BCUT2D eigenvalue weighted by atomic mass is 16.4. The predicted molar refractivity (Wildman–Crippen MR) is 54.2 cm³/mol. The lowest BCUT2D eigenvalue weighted by Crippen LogP contribution is -2.04. The third-order valence-electron chi connectivity index (χ3n) is 1.62. The lowest BCUT2D eigenvalue weighted by molar-refractivity contribution is 0.0697. The number of aliphatic hydroxyl groups excluding tert-OH is 1. The van der Waals surface area contributed by atoms with Crippen LogP contribution in [0.5, 0.6) is 0 Å². The first kappa shape index (κ1) is 11.0. The third kappa shape index (κ3) is 2.97. The number of carboxylic acid groups (broad SMARTS) is 1. The van der Waals surface area contributed by atoms with Crippen LogP contribution in [-0.2, 0) is 0 Å². The zero-order valence-electron chi connectivity index (χ0n) is 7.90. The third-order valence-corrected chi connectivity index (χ3v) is 1.62. The molecule has 0 aliphatic rings. The maximum absolute atomic E-state index is 10.7. The van der Waals surface area contributed by atoms with Gasteiger partial charge in [-0.25, -0.2) is 9.78 Å². The van der Waals surface area contributed by atoms with Crippen molar-refractivity contribution < 1.29 is 15.0 Å². The molecule has 0 amide bonds. The van der Waals surface area contributed by atoms with Crippen LogP contribution >= 0.6 is 0 Å². The molecular weight excluding hydrogens is 196 g/mol. The fourth-order valence-electron chi connectivity index (χ4n) is 0.935. The summed E-state index contributed by atoms with van der Waals surface area (Å²) in [6, 6.07) is 1.36. The Labute approximate surface area is 86.6 Å². The van der Waals surface area contributed by atoms with E-state index in [4.69, 9.17) is 15.9 Å². The van der Waals surface area contributed by atoms with E-state index in [0.29, 0.717) is 12.0 Å². The molecule has 0 saturated heterocycles. The summed E-state index contributed by atoms with van der Waals surface area (Å²) >= 11 is 0. The van der Waals surface area contributed by atoms with Crippen molar-refractivity contribution in [3.8, 4) is 11.8 Å². The van der Waals surface area contributed by atoms with E-state index in [9.17, 15) is 4.79 Å². The first-order valence-corrected chi connectivity index (χ1v) is 4.23. The van der Waals surface area contributed by atoms with Gasteiger partial charge in [-0.1, -0.05) is 11.8 Å². The van der Waals surface area contributed by atoms with Crippen LogP contribution in [0.15, 0.2) is 12.3 Å². The second-order valence-electron chi connectivity index (χ2n) is 2.74. The van der Waals surface area contributed by atoms with Gasteiger partial charge < -0.3 is 15.9 Å². The Morgan fingerprint density at radius 3 is 2.93 bits per heavy atom. The van der Waals surface area contributed by atoms with Crippen LogP contribution in [-0.4, -0.2) is 27.8 Å². The number of hydrogen-bond donors (Lipinski definition) is 3. The van der Waals surface area contributed by atoms with E-state index in [1.807, 2.05) is 0 Å². The summed E-state index contributed by atoms with van der Waals surface area (Å²) < 4.78 is 0. The quantitative estimate of drug-likeness (QED) is 0.596. The molecule has 0 aromatic carbocycles. The summed E-state index contributed by atoms with van der Waals surface area (Å²) in [5.74, 6) is 4.17. The van der Waals surface area contributed by atoms with E-state index < -0.39 is 5.97 Å². The second kappa shape index (κ2) is 4.98. The molecule has 0 atom stereocenters. The van der Waals surface area contributed by atoms with Crippen molar-refractivity contribution in [3.05, 3.63) is 23.4 Å². The molecule has 0 bridgehead atoms. The predicted octanol–water partition coefficient (Wildman–Crippen LogP) is 0.0959. The van der Waals surface area contributed by atoms with Crippen molar-refractivity contribution in [2.24, 2.45) is 0 Å². The van der Waals surface area contributed by atoms with Gasteiger partial charge in [0.15, 0.2) is 0 Å². The molecule has 0 unspecified atom stereocenters. The number of pyridine rings is 1. The van der Waals surface area contributed by atoms with Crippen LogP contribution in [0.1, 0.15) is 22.3 Å². The molecule has 15 heavy (non-hydrogen) atoms. The van der Waals surface area contributed by atoms with E-state index in [2.05, 4.69) is 16.8 Å². The van der Waals surface area contributed by atoms with Gasteiger partial charge in [0.05, 0.1) is 6.61 Å². The number of nitrogens with zero attached hydrogens (tertiary/aromatic N) is 1. The number of rotatable bonds is 2. The van der Waals surface area contributed by atoms with Crippen molar-refractivity contribution in [1.82, 2.24) is 4.98 Å². The van der Waals surface area contributed by atoms with E-state index in [-0.39, 0.29) is 18.0 Å². The van der Waals surface area contributed by atoms with Crippen LogP contribution in [0.2, 0.25) is 0 Å². The van der Waals surface area contributed by atoms with Crippen LogP contribution in [0.3, 0.4) is 0 Å². The zero-order chi connectivity index (χ0) is 11.3. The first-order valence-electron chi connectivity index (χ1n) is 4.23. The van der Waals surface area contributed by atoms with Gasteiger partial charge in [-0.3, -0.25) is 0 Å². The molecule has 0 spiro atoms. The summed E-state index contributed by atoms with van der Waals surface area (Å²) in [6.45, 7) is -0.0266. The highest BCUT2D eigenvalue weighted by Crippen LogP contribution is 2.09. The van der Waals surface area contributed by atoms with E-state index >= 15 is 0 Å². The van der Waals surface area contributed by atoms with Crippen LogP contribution in [0.4, 0.5) is 5.82 Å². The number of hydrogen-bond acceptors (Lipinski definition) is 4. The molecule has 78 valence electrons. The van der Waals surface area contributed by atoms with Gasteiger partial charge in [0, 0.05) is 18.2 Å². The number of aromatic carboxylic acids is 1. The Balaban J connectivity index is 2.99. The smallest absolute Gasteiger partial charge is 0.339 e. The molecule has 1 rings (SSSR count). The van der Waals surface area contributed by atoms with Crippen LogP contribution in [0.25, 0.3) is 0 Å². The fourth-order valence-corrected chi connectivity index (χ4v) is 0.935. The summed E-state index contributed by atoms with van der Waals surface area (Å²) in [5, 5.41) is 17.3.